The lowest BCUT2D eigenvalue weighted by Crippen LogP contribution is -2.33. The first kappa shape index (κ1) is 19.7. The van der Waals surface area contributed by atoms with Crippen LogP contribution in [0.3, 0.4) is 0 Å². The molecular formula is C20H20F3N7O. The molecule has 1 saturated carbocycles. The Morgan fingerprint density at radius 3 is 2.71 bits per heavy atom. The maximum absolute atomic E-state index is 12.4. The quantitative estimate of drug-likeness (QED) is 0.502. The smallest absolute Gasteiger partial charge is 0.351 e. The van der Waals surface area contributed by atoms with E-state index >= 15 is 0 Å². The van der Waals surface area contributed by atoms with Gasteiger partial charge in [0.1, 0.15) is 5.65 Å². The molecular weight excluding hydrogens is 411 g/mol. The molecule has 1 aliphatic rings. The van der Waals surface area contributed by atoms with Crippen molar-refractivity contribution < 1.29 is 17.9 Å². The lowest BCUT2D eigenvalue weighted by molar-refractivity contribution is -0.345. The zero-order valence-electron chi connectivity index (χ0n) is 16.6. The molecule has 5 rings (SSSR count). The van der Waals surface area contributed by atoms with Crippen molar-refractivity contribution in [2.75, 3.05) is 5.32 Å². The van der Waals surface area contributed by atoms with Gasteiger partial charge in [0.2, 0.25) is 5.95 Å². The number of ether oxygens (including phenoxy) is 1. The molecule has 0 amide bonds. The van der Waals surface area contributed by atoms with Crippen molar-refractivity contribution in [3.05, 3.63) is 36.4 Å². The van der Waals surface area contributed by atoms with E-state index in [9.17, 15) is 13.2 Å². The molecule has 0 bridgehead atoms. The molecule has 0 aliphatic heterocycles. The first-order valence-corrected chi connectivity index (χ1v) is 10.0. The Balaban J connectivity index is 1.31. The summed E-state index contributed by atoms with van der Waals surface area (Å²) in [5.41, 5.74) is 4.02. The van der Waals surface area contributed by atoms with Gasteiger partial charge in [-0.3, -0.25) is 4.74 Å². The predicted molar refractivity (Wildman–Crippen MR) is 107 cm³/mol. The molecule has 11 heteroatoms. The number of hydrogen-bond donors (Lipinski definition) is 2. The van der Waals surface area contributed by atoms with Gasteiger partial charge in [-0.1, -0.05) is 0 Å². The lowest BCUT2D eigenvalue weighted by atomic mass is 9.93. The number of aromatic nitrogens is 6. The zero-order chi connectivity index (χ0) is 21.6. The van der Waals surface area contributed by atoms with E-state index in [1.54, 1.807) is 16.9 Å². The maximum atomic E-state index is 12.4. The highest BCUT2D eigenvalue weighted by Crippen LogP contribution is 2.30. The summed E-state index contributed by atoms with van der Waals surface area (Å²) in [5, 5.41) is 8.70. The number of H-pyrrole nitrogens is 1. The second-order valence-corrected chi connectivity index (χ2v) is 7.73. The standard InChI is InChI=1S/C20H20F3N7O/c1-11-8-24-17-7-6-16(29-30(11)17)14-9-25-18-15(14)10-26-19(28-18)27-12-2-4-13(5-3-12)31-20(21,22)23/h6-10,12-13H,2-5H2,1H3,(H2,25,26,27,28)/t12-,13+. The molecule has 1 fully saturated rings. The van der Waals surface area contributed by atoms with Gasteiger partial charge in [0.15, 0.2) is 5.65 Å². The van der Waals surface area contributed by atoms with Crippen molar-refractivity contribution in [3.8, 4) is 11.3 Å². The van der Waals surface area contributed by atoms with Crippen LogP contribution in [-0.4, -0.2) is 48.1 Å². The van der Waals surface area contributed by atoms with Crippen LogP contribution in [0.1, 0.15) is 31.4 Å². The number of nitrogens with one attached hydrogen (secondary N) is 2. The Hall–Kier alpha value is -3.21. The first-order valence-electron chi connectivity index (χ1n) is 10.0. The average Bonchev–Trinajstić information content (AvgIpc) is 3.31. The number of alkyl halides is 3. The Morgan fingerprint density at radius 2 is 1.94 bits per heavy atom. The third-order valence-corrected chi connectivity index (χ3v) is 5.55. The van der Waals surface area contributed by atoms with Gasteiger partial charge in [0.25, 0.3) is 0 Å². The summed E-state index contributed by atoms with van der Waals surface area (Å²) in [5.74, 6) is 0.440. The van der Waals surface area contributed by atoms with E-state index in [0.29, 0.717) is 37.3 Å². The summed E-state index contributed by atoms with van der Waals surface area (Å²) < 4.78 is 43.0. The monoisotopic (exact) mass is 431 g/mol. The molecule has 0 spiro atoms. The van der Waals surface area contributed by atoms with E-state index in [1.807, 2.05) is 25.3 Å². The zero-order valence-corrected chi connectivity index (χ0v) is 16.6. The first-order chi connectivity index (χ1) is 14.9. The van der Waals surface area contributed by atoms with Crippen LogP contribution in [0, 0.1) is 6.92 Å². The third kappa shape index (κ3) is 4.05. The number of hydrogen-bond acceptors (Lipinski definition) is 6. The number of halogens is 3. The highest BCUT2D eigenvalue weighted by Gasteiger charge is 2.35. The molecule has 0 unspecified atom stereocenters. The molecule has 2 N–H and O–H groups in total. The summed E-state index contributed by atoms with van der Waals surface area (Å²) in [6.45, 7) is 1.94. The normalized spacial score (nSPS) is 19.9. The van der Waals surface area contributed by atoms with Gasteiger partial charge >= 0.3 is 6.36 Å². The highest BCUT2D eigenvalue weighted by atomic mass is 19.4. The molecule has 4 aromatic rings. The van der Waals surface area contributed by atoms with E-state index in [-0.39, 0.29) is 6.04 Å². The van der Waals surface area contributed by atoms with Crippen molar-refractivity contribution in [1.29, 1.82) is 0 Å². The number of anilines is 1. The van der Waals surface area contributed by atoms with Crippen LogP contribution in [-0.2, 0) is 4.74 Å². The number of aromatic amines is 1. The summed E-state index contributed by atoms with van der Waals surface area (Å²) in [4.78, 5) is 16.4. The topological polar surface area (TPSA) is 93.0 Å². The molecule has 4 heterocycles. The van der Waals surface area contributed by atoms with Crippen LogP contribution in [0.4, 0.5) is 19.1 Å². The number of fused-ring (bicyclic) bond motifs is 2. The van der Waals surface area contributed by atoms with Gasteiger partial charge in [0, 0.05) is 29.4 Å². The van der Waals surface area contributed by atoms with Crippen molar-refractivity contribution in [2.45, 2.75) is 51.1 Å². The van der Waals surface area contributed by atoms with Crippen LogP contribution in [0.2, 0.25) is 0 Å². The molecule has 0 radical (unpaired) electrons. The van der Waals surface area contributed by atoms with E-state index in [2.05, 4.69) is 35.1 Å². The minimum absolute atomic E-state index is 0.00764. The van der Waals surface area contributed by atoms with Crippen molar-refractivity contribution >= 4 is 22.6 Å². The summed E-state index contributed by atoms with van der Waals surface area (Å²) in [6.07, 6.45) is 1.77. The van der Waals surface area contributed by atoms with Crippen LogP contribution in [0.5, 0.6) is 0 Å². The van der Waals surface area contributed by atoms with Gasteiger partial charge in [-0.05, 0) is 44.7 Å². The second-order valence-electron chi connectivity index (χ2n) is 7.73. The molecule has 162 valence electrons. The lowest BCUT2D eigenvalue weighted by Gasteiger charge is -2.29. The van der Waals surface area contributed by atoms with Crippen molar-refractivity contribution in [3.63, 3.8) is 0 Å². The fourth-order valence-corrected chi connectivity index (χ4v) is 4.02. The van der Waals surface area contributed by atoms with Gasteiger partial charge in [-0.25, -0.2) is 14.5 Å². The largest absolute Gasteiger partial charge is 0.522 e. The fourth-order valence-electron chi connectivity index (χ4n) is 4.02. The van der Waals surface area contributed by atoms with Gasteiger partial charge in [-0.15, -0.1) is 13.2 Å². The van der Waals surface area contributed by atoms with Crippen molar-refractivity contribution in [1.82, 2.24) is 29.5 Å². The molecule has 8 nitrogen and oxygen atoms in total. The van der Waals surface area contributed by atoms with Gasteiger partial charge < -0.3 is 10.3 Å². The summed E-state index contributed by atoms with van der Waals surface area (Å²) in [7, 11) is 0. The van der Waals surface area contributed by atoms with E-state index in [0.717, 1.165) is 28.0 Å². The minimum Gasteiger partial charge on any atom is -0.351 e. The maximum Gasteiger partial charge on any atom is 0.522 e. The summed E-state index contributed by atoms with van der Waals surface area (Å²) >= 11 is 0. The molecule has 31 heavy (non-hydrogen) atoms. The number of nitrogens with zero attached hydrogens (tertiary/aromatic N) is 5. The Bertz CT molecular complexity index is 1220. The minimum atomic E-state index is -4.58. The number of imidazole rings is 1. The Labute approximate surface area is 174 Å². The van der Waals surface area contributed by atoms with Gasteiger partial charge in [0.05, 0.1) is 23.7 Å². The summed E-state index contributed by atoms with van der Waals surface area (Å²) in [6, 6.07) is 3.81. The average molecular weight is 431 g/mol. The molecule has 1 aliphatic carbocycles. The fraction of sp³-hybridized carbons (Fsp3) is 0.400. The predicted octanol–water partition coefficient (Wildman–Crippen LogP) is 4.24. The van der Waals surface area contributed by atoms with E-state index in [4.69, 9.17) is 0 Å². The molecule has 0 aromatic carbocycles. The third-order valence-electron chi connectivity index (χ3n) is 5.55. The number of aryl methyl sites for hydroxylation is 1. The van der Waals surface area contributed by atoms with Crippen LogP contribution < -0.4 is 5.32 Å². The van der Waals surface area contributed by atoms with Crippen LogP contribution in [0.15, 0.2) is 30.7 Å². The highest BCUT2D eigenvalue weighted by molar-refractivity contribution is 5.92. The second kappa shape index (κ2) is 7.49. The molecule has 4 aromatic heterocycles. The van der Waals surface area contributed by atoms with E-state index < -0.39 is 12.5 Å². The SMILES string of the molecule is Cc1cnc2ccc(-c3c[nH]c4nc(N[C@H]5CC[C@@H](OC(F)(F)F)CC5)ncc34)nn12. The molecule has 0 atom stereocenters. The Kier molecular flexibility index (Phi) is 4.77. The van der Waals surface area contributed by atoms with Crippen LogP contribution >= 0.6 is 0 Å². The van der Waals surface area contributed by atoms with Gasteiger partial charge in [-0.2, -0.15) is 10.1 Å². The van der Waals surface area contributed by atoms with Crippen LogP contribution in [0.25, 0.3) is 27.9 Å². The Morgan fingerprint density at radius 1 is 1.13 bits per heavy atom. The van der Waals surface area contributed by atoms with Crippen molar-refractivity contribution in [2.24, 2.45) is 0 Å². The van der Waals surface area contributed by atoms with E-state index in [1.165, 1.54) is 0 Å². The molecule has 0 saturated heterocycles. The number of rotatable bonds is 4.